The molecule has 9 heteroatoms. The molecule has 4 aromatic rings. The second kappa shape index (κ2) is 11.1. The zero-order valence-electron chi connectivity index (χ0n) is 19.2. The van der Waals surface area contributed by atoms with E-state index in [1.807, 2.05) is 24.3 Å². The van der Waals surface area contributed by atoms with Crippen LogP contribution < -0.4 is 20.5 Å². The number of aromatic nitrogens is 2. The van der Waals surface area contributed by atoms with E-state index < -0.39 is 5.56 Å². The van der Waals surface area contributed by atoms with Gasteiger partial charge in [-0.2, -0.15) is 15.6 Å². The molecule has 36 heavy (non-hydrogen) atoms. The van der Waals surface area contributed by atoms with Crippen molar-refractivity contribution in [3.63, 3.8) is 0 Å². The summed E-state index contributed by atoms with van der Waals surface area (Å²) >= 11 is 0. The summed E-state index contributed by atoms with van der Waals surface area (Å²) in [5.74, 6) is 1.38. The van der Waals surface area contributed by atoms with Gasteiger partial charge in [-0.3, -0.25) is 9.78 Å². The van der Waals surface area contributed by atoms with Crippen LogP contribution in [0.2, 0.25) is 0 Å². The number of benzene rings is 3. The molecule has 0 radical (unpaired) electrons. The zero-order valence-corrected chi connectivity index (χ0v) is 19.2. The van der Waals surface area contributed by atoms with Crippen LogP contribution >= 0.6 is 0 Å². The van der Waals surface area contributed by atoms with E-state index in [2.05, 4.69) is 26.6 Å². The Morgan fingerprint density at radius 3 is 2.53 bits per heavy atom. The number of nitrogens with zero attached hydrogens (tertiary/aromatic N) is 4. The van der Waals surface area contributed by atoms with Crippen molar-refractivity contribution in [3.8, 4) is 34.9 Å². The highest BCUT2D eigenvalue weighted by molar-refractivity contribution is 5.81. The average Bonchev–Trinajstić information content (AvgIpc) is 2.92. The van der Waals surface area contributed by atoms with Crippen LogP contribution in [0.15, 0.2) is 82.7 Å². The molecule has 0 saturated heterocycles. The molecular formula is C27H20N6O3. The van der Waals surface area contributed by atoms with E-state index >= 15 is 0 Å². The third kappa shape index (κ3) is 5.56. The summed E-state index contributed by atoms with van der Waals surface area (Å²) in [5, 5.41) is 22.5. The molecule has 0 aliphatic rings. The van der Waals surface area contributed by atoms with Crippen LogP contribution in [0.4, 0.5) is 5.95 Å². The fraction of sp³-hybridized carbons (Fsp3) is 0.0741. The average molecular weight is 476 g/mol. The van der Waals surface area contributed by atoms with Gasteiger partial charge in [0.2, 0.25) is 5.95 Å². The molecule has 0 saturated carbocycles. The van der Waals surface area contributed by atoms with Crippen LogP contribution in [0.25, 0.3) is 11.3 Å². The largest absolute Gasteiger partial charge is 0.496 e. The number of hydrogen-bond acceptors (Lipinski definition) is 8. The molecule has 9 nitrogen and oxygen atoms in total. The number of nitriles is 2. The first kappa shape index (κ1) is 23.7. The molecule has 0 fully saturated rings. The summed E-state index contributed by atoms with van der Waals surface area (Å²) in [6.45, 7) is 0.245. The molecule has 1 aromatic heterocycles. The highest BCUT2D eigenvalue weighted by atomic mass is 16.5. The predicted octanol–water partition coefficient (Wildman–Crippen LogP) is 4.21. The van der Waals surface area contributed by atoms with Crippen molar-refractivity contribution in [3.05, 3.63) is 105 Å². The van der Waals surface area contributed by atoms with Crippen molar-refractivity contribution in [1.29, 1.82) is 10.5 Å². The maximum Gasteiger partial charge on any atom is 0.270 e. The molecule has 0 atom stereocenters. The number of hydrazone groups is 1. The summed E-state index contributed by atoms with van der Waals surface area (Å²) in [5.41, 5.74) is 5.10. The van der Waals surface area contributed by atoms with Crippen molar-refractivity contribution in [1.82, 2.24) is 9.97 Å². The van der Waals surface area contributed by atoms with Crippen LogP contribution in [-0.4, -0.2) is 23.3 Å². The molecular weight excluding hydrogens is 456 g/mol. The van der Waals surface area contributed by atoms with Crippen LogP contribution in [0, 0.1) is 22.7 Å². The maximum atomic E-state index is 12.4. The van der Waals surface area contributed by atoms with Crippen molar-refractivity contribution >= 4 is 12.2 Å². The van der Waals surface area contributed by atoms with Gasteiger partial charge in [-0.05, 0) is 48.0 Å². The van der Waals surface area contributed by atoms with Gasteiger partial charge in [-0.25, -0.2) is 10.4 Å². The topological polar surface area (TPSA) is 136 Å². The van der Waals surface area contributed by atoms with E-state index in [0.29, 0.717) is 22.6 Å². The fourth-order valence-electron chi connectivity index (χ4n) is 3.38. The lowest BCUT2D eigenvalue weighted by molar-refractivity contribution is 0.296. The van der Waals surface area contributed by atoms with Gasteiger partial charge in [0.1, 0.15) is 29.7 Å². The molecule has 2 N–H and O–H groups in total. The minimum Gasteiger partial charge on any atom is -0.496 e. The molecule has 3 aromatic carbocycles. The van der Waals surface area contributed by atoms with Crippen molar-refractivity contribution < 1.29 is 9.47 Å². The highest BCUT2D eigenvalue weighted by Gasteiger charge is 2.13. The van der Waals surface area contributed by atoms with E-state index in [9.17, 15) is 10.1 Å². The first-order valence-corrected chi connectivity index (χ1v) is 10.8. The molecule has 0 bridgehead atoms. The Labute approximate surface area is 206 Å². The maximum absolute atomic E-state index is 12.4. The number of hydrogen-bond donors (Lipinski definition) is 2. The lowest BCUT2D eigenvalue weighted by Crippen LogP contribution is -2.16. The summed E-state index contributed by atoms with van der Waals surface area (Å²) in [4.78, 5) is 19.3. The molecule has 0 unspecified atom stereocenters. The Bertz CT molecular complexity index is 1530. The lowest BCUT2D eigenvalue weighted by Gasteiger charge is -2.11. The standard InChI is InChI=1S/C27H20N6O3/c1-35-24-12-9-19(13-21(24)17-36-22-10-7-18(14-28)8-11-22)16-30-33-27-31-25(20-5-3-2-4-6-20)23(15-29)26(34)32-27/h2-13,16H,17H2,1H3,(H2,31,32,33,34). The molecule has 0 amide bonds. The Morgan fingerprint density at radius 1 is 1.06 bits per heavy atom. The first-order valence-electron chi connectivity index (χ1n) is 10.8. The Hall–Kier alpha value is -5.41. The third-order valence-corrected chi connectivity index (χ3v) is 5.14. The first-order chi connectivity index (χ1) is 17.6. The van der Waals surface area contributed by atoms with Crippen molar-refractivity contribution in [2.45, 2.75) is 6.61 Å². The number of anilines is 1. The van der Waals surface area contributed by atoms with Crippen molar-refractivity contribution in [2.24, 2.45) is 5.10 Å². The number of ether oxygens (including phenoxy) is 2. The summed E-state index contributed by atoms with van der Waals surface area (Å²) < 4.78 is 11.3. The van der Waals surface area contributed by atoms with Gasteiger partial charge < -0.3 is 9.47 Å². The van der Waals surface area contributed by atoms with Gasteiger partial charge >= 0.3 is 0 Å². The van der Waals surface area contributed by atoms with Gasteiger partial charge in [0.05, 0.1) is 30.7 Å². The van der Waals surface area contributed by atoms with Gasteiger partial charge in [-0.15, -0.1) is 0 Å². The summed E-state index contributed by atoms with van der Waals surface area (Å²) in [7, 11) is 1.58. The third-order valence-electron chi connectivity index (χ3n) is 5.14. The smallest absolute Gasteiger partial charge is 0.270 e. The van der Waals surface area contributed by atoms with Gasteiger partial charge in [0.15, 0.2) is 0 Å². The van der Waals surface area contributed by atoms with Gasteiger partial charge in [-0.1, -0.05) is 30.3 Å². The van der Waals surface area contributed by atoms with Crippen LogP contribution in [0.3, 0.4) is 0 Å². The number of rotatable bonds is 8. The van der Waals surface area contributed by atoms with Crippen molar-refractivity contribution in [2.75, 3.05) is 12.5 Å². The SMILES string of the molecule is COc1ccc(C=NNc2nc(-c3ccccc3)c(C#N)c(=O)[nH]2)cc1COc1ccc(C#N)cc1. The van der Waals surface area contributed by atoms with Gasteiger partial charge in [0, 0.05) is 11.1 Å². The number of nitrogens with one attached hydrogen (secondary N) is 2. The minimum atomic E-state index is -0.560. The molecule has 1 heterocycles. The molecule has 0 spiro atoms. The number of aromatic amines is 1. The van der Waals surface area contributed by atoms with E-state index in [1.165, 1.54) is 0 Å². The van der Waals surface area contributed by atoms with E-state index in [1.54, 1.807) is 67.9 Å². The number of methoxy groups -OCH3 is 1. The predicted molar refractivity (Wildman–Crippen MR) is 135 cm³/mol. The zero-order chi connectivity index (χ0) is 25.3. The molecule has 0 aliphatic heterocycles. The Balaban J connectivity index is 1.51. The minimum absolute atomic E-state index is 0.0715. The van der Waals surface area contributed by atoms with Crippen LogP contribution in [0.5, 0.6) is 11.5 Å². The van der Waals surface area contributed by atoms with E-state index in [4.69, 9.17) is 14.7 Å². The Morgan fingerprint density at radius 2 is 1.83 bits per heavy atom. The molecule has 176 valence electrons. The van der Waals surface area contributed by atoms with Crippen LogP contribution in [0.1, 0.15) is 22.3 Å². The normalized spacial score (nSPS) is 10.4. The second-order valence-electron chi connectivity index (χ2n) is 7.48. The molecule has 4 rings (SSSR count). The lowest BCUT2D eigenvalue weighted by atomic mass is 10.1. The number of H-pyrrole nitrogens is 1. The summed E-state index contributed by atoms with van der Waals surface area (Å²) in [6.07, 6.45) is 1.56. The molecule has 0 aliphatic carbocycles. The highest BCUT2D eigenvalue weighted by Crippen LogP contribution is 2.22. The van der Waals surface area contributed by atoms with Gasteiger partial charge in [0.25, 0.3) is 5.56 Å². The monoisotopic (exact) mass is 476 g/mol. The van der Waals surface area contributed by atoms with E-state index in [-0.39, 0.29) is 23.8 Å². The van der Waals surface area contributed by atoms with Crippen LogP contribution in [-0.2, 0) is 6.61 Å². The second-order valence-corrected chi connectivity index (χ2v) is 7.48. The van der Waals surface area contributed by atoms with E-state index in [0.717, 1.165) is 11.1 Å². The fourth-order valence-corrected chi connectivity index (χ4v) is 3.38. The Kier molecular flexibility index (Phi) is 7.35. The quantitative estimate of drug-likeness (QED) is 0.287. The summed E-state index contributed by atoms with van der Waals surface area (Å²) in [6, 6.07) is 25.3.